The number of halogens is 5. The van der Waals surface area contributed by atoms with Crippen molar-refractivity contribution in [2.75, 3.05) is 6.54 Å². The third kappa shape index (κ3) is 4.57. The van der Waals surface area contributed by atoms with Crippen molar-refractivity contribution in [1.29, 1.82) is 0 Å². The maximum atomic E-state index is 15.5. The van der Waals surface area contributed by atoms with Crippen molar-refractivity contribution < 1.29 is 40.0 Å². The van der Waals surface area contributed by atoms with Gasteiger partial charge in [0.25, 0.3) is 0 Å². The highest BCUT2D eigenvalue weighted by Gasteiger charge is 2.62. The number of alkyl halides is 4. The Hall–Kier alpha value is -2.82. The van der Waals surface area contributed by atoms with E-state index in [9.17, 15) is 35.6 Å². The minimum absolute atomic E-state index is 0.0227. The number of aryl methyl sites for hydroxylation is 1. The van der Waals surface area contributed by atoms with Crippen LogP contribution >= 0.6 is 0 Å². The van der Waals surface area contributed by atoms with Gasteiger partial charge in [-0.25, -0.2) is 17.2 Å². The number of hydrogen-bond donors (Lipinski definition) is 0. The summed E-state index contributed by atoms with van der Waals surface area (Å²) in [5.74, 6) is -2.30. The first-order chi connectivity index (χ1) is 19.5. The van der Waals surface area contributed by atoms with Crippen molar-refractivity contribution in [3.8, 4) is 0 Å². The lowest BCUT2D eigenvalue weighted by Crippen LogP contribution is -2.54. The Morgan fingerprint density at radius 1 is 1.02 bits per heavy atom. The molecule has 0 N–H and O–H groups in total. The second-order valence-electron chi connectivity index (χ2n) is 12.2. The first-order valence-electron chi connectivity index (χ1n) is 14.2. The highest BCUT2D eigenvalue weighted by atomic mass is 32.2. The fourth-order valence-electron chi connectivity index (χ4n) is 7.46. The van der Waals surface area contributed by atoms with E-state index in [1.165, 1.54) is 31.2 Å². The Kier molecular flexibility index (Phi) is 7.60. The topological polar surface area (TPSA) is 71.5 Å². The lowest BCUT2D eigenvalue weighted by Gasteiger charge is -2.44. The van der Waals surface area contributed by atoms with Crippen LogP contribution in [0.1, 0.15) is 69.6 Å². The fourth-order valence-corrected chi connectivity index (χ4v) is 9.84. The summed E-state index contributed by atoms with van der Waals surface area (Å²) in [4.78, 5) is 27.5. The molecule has 1 saturated heterocycles. The van der Waals surface area contributed by atoms with Gasteiger partial charge < -0.3 is 4.90 Å². The average Bonchev–Trinajstić information content (AvgIpc) is 3.34. The summed E-state index contributed by atoms with van der Waals surface area (Å²) in [6.07, 6.45) is -3.74. The van der Waals surface area contributed by atoms with Crippen LogP contribution in [-0.2, 0) is 36.3 Å². The van der Waals surface area contributed by atoms with Crippen LogP contribution < -0.4 is 0 Å². The number of amides is 1. The van der Waals surface area contributed by atoms with E-state index in [4.69, 9.17) is 0 Å². The molecule has 1 amide bonds. The second kappa shape index (κ2) is 10.4. The molecule has 1 unspecified atom stereocenters. The molecule has 2 aromatic carbocycles. The Balaban J connectivity index is 1.62. The number of ketones is 1. The zero-order chi connectivity index (χ0) is 30.8. The number of likely N-dealkylation sites (tertiary alicyclic amines) is 1. The summed E-state index contributed by atoms with van der Waals surface area (Å²) in [6.45, 7) is 3.75. The van der Waals surface area contributed by atoms with Gasteiger partial charge in [0, 0.05) is 23.9 Å². The molecule has 42 heavy (non-hydrogen) atoms. The Morgan fingerprint density at radius 3 is 2.29 bits per heavy atom. The molecule has 1 aliphatic heterocycles. The van der Waals surface area contributed by atoms with E-state index in [1.54, 1.807) is 11.0 Å². The molecule has 0 bridgehead atoms. The van der Waals surface area contributed by atoms with Crippen LogP contribution in [0, 0.1) is 23.6 Å². The van der Waals surface area contributed by atoms with Crippen LogP contribution in [0.2, 0.25) is 0 Å². The quantitative estimate of drug-likeness (QED) is 0.366. The van der Waals surface area contributed by atoms with E-state index in [0.717, 1.165) is 12.1 Å². The van der Waals surface area contributed by atoms with Crippen molar-refractivity contribution in [3.05, 3.63) is 65.0 Å². The van der Waals surface area contributed by atoms with E-state index in [2.05, 4.69) is 0 Å². The lowest BCUT2D eigenvalue weighted by molar-refractivity contribution is -0.229. The number of sulfone groups is 1. The maximum Gasteiger partial charge on any atom is 0.426 e. The van der Waals surface area contributed by atoms with Gasteiger partial charge in [-0.05, 0) is 93.7 Å². The molecule has 6 atom stereocenters. The zero-order valence-electron chi connectivity index (χ0n) is 23.7. The van der Waals surface area contributed by atoms with Crippen molar-refractivity contribution in [2.45, 2.75) is 86.8 Å². The molecular formula is C31H34F5NO4S. The highest BCUT2D eigenvalue weighted by molar-refractivity contribution is 7.92. The molecule has 5 rings (SSSR count). The number of benzene rings is 2. The smallest absolute Gasteiger partial charge is 0.337 e. The first kappa shape index (κ1) is 30.6. The van der Waals surface area contributed by atoms with E-state index in [0.29, 0.717) is 19.3 Å². The third-order valence-corrected chi connectivity index (χ3v) is 12.4. The SMILES string of the molecule is CC(=O)[C@@H]1CC[C@@H](C(=O)N2CC[C@@]3(S(=O)(=O)c4ccccc4)c4cc(F)c(C(C)(F)C(F)(F)F)cc4CC[C@@H]23)[C@@H](C)C1. The number of carbonyl (C=O) groups excluding carboxylic acids is 2. The van der Waals surface area contributed by atoms with E-state index in [1.807, 2.05) is 6.92 Å². The molecule has 2 fully saturated rings. The van der Waals surface area contributed by atoms with Crippen LogP contribution in [-0.4, -0.2) is 43.8 Å². The standard InChI is InChI=1S/C31H34F5NO4S/c1-18-15-20(19(2)38)9-11-23(18)28(39)37-14-13-30(42(40,41)22-7-5-4-6-8-22)24-17-26(32)25(29(3,33)31(34,35)36)16-21(24)10-12-27(30)37/h4-8,16-18,20,23,27H,9-15H2,1-3H3/t18-,20+,23+,27+,29?,30+/m0/s1. The van der Waals surface area contributed by atoms with Crippen LogP contribution in [0.25, 0.3) is 0 Å². The number of carbonyl (C=O) groups is 2. The van der Waals surface area contributed by atoms with Gasteiger partial charge in [0.2, 0.25) is 11.6 Å². The van der Waals surface area contributed by atoms with E-state index >= 15 is 4.39 Å². The van der Waals surface area contributed by atoms with Crippen LogP contribution in [0.4, 0.5) is 22.0 Å². The number of fused-ring (bicyclic) bond motifs is 3. The van der Waals surface area contributed by atoms with Crippen LogP contribution in [0.5, 0.6) is 0 Å². The van der Waals surface area contributed by atoms with Crippen molar-refractivity contribution in [2.24, 2.45) is 17.8 Å². The molecular weight excluding hydrogens is 577 g/mol. The number of nitrogens with zero attached hydrogens (tertiary/aromatic N) is 1. The molecule has 228 valence electrons. The van der Waals surface area contributed by atoms with Gasteiger partial charge in [-0.1, -0.05) is 25.1 Å². The van der Waals surface area contributed by atoms with Gasteiger partial charge in [-0.3, -0.25) is 9.59 Å². The summed E-state index contributed by atoms with van der Waals surface area (Å²) in [7, 11) is -4.32. The maximum absolute atomic E-state index is 15.5. The Labute approximate surface area is 242 Å². The van der Waals surface area contributed by atoms with Gasteiger partial charge in [0.05, 0.1) is 10.9 Å². The van der Waals surface area contributed by atoms with Gasteiger partial charge >= 0.3 is 6.18 Å². The number of rotatable bonds is 5. The molecule has 2 aromatic rings. The first-order valence-corrected chi connectivity index (χ1v) is 15.7. The summed E-state index contributed by atoms with van der Waals surface area (Å²) >= 11 is 0. The van der Waals surface area contributed by atoms with Gasteiger partial charge in [0.15, 0.2) is 9.84 Å². The van der Waals surface area contributed by atoms with Crippen molar-refractivity contribution >= 4 is 21.5 Å². The summed E-state index contributed by atoms with van der Waals surface area (Å²) in [5.41, 5.74) is -5.08. The average molecular weight is 612 g/mol. The largest absolute Gasteiger partial charge is 0.426 e. The highest BCUT2D eigenvalue weighted by Crippen LogP contribution is 2.55. The normalized spacial score (nSPS) is 29.4. The van der Waals surface area contributed by atoms with Gasteiger partial charge in [0.1, 0.15) is 16.3 Å². The van der Waals surface area contributed by atoms with E-state index < -0.39 is 49.8 Å². The number of Topliss-reactive ketones (excluding diaryl/α,β-unsaturated/α-hetero) is 1. The predicted molar refractivity (Wildman–Crippen MR) is 145 cm³/mol. The van der Waals surface area contributed by atoms with Crippen molar-refractivity contribution in [1.82, 2.24) is 4.90 Å². The van der Waals surface area contributed by atoms with E-state index in [-0.39, 0.29) is 72.3 Å². The third-order valence-electron chi connectivity index (χ3n) is 9.89. The molecule has 2 aliphatic carbocycles. The monoisotopic (exact) mass is 611 g/mol. The molecule has 0 spiro atoms. The summed E-state index contributed by atoms with van der Waals surface area (Å²) in [5, 5.41) is 0. The minimum Gasteiger partial charge on any atom is -0.337 e. The summed E-state index contributed by atoms with van der Waals surface area (Å²) < 4.78 is 98.2. The lowest BCUT2D eigenvalue weighted by atomic mass is 9.72. The predicted octanol–water partition coefficient (Wildman–Crippen LogP) is 6.43. The number of hydrogen-bond acceptors (Lipinski definition) is 4. The van der Waals surface area contributed by atoms with Crippen LogP contribution in [0.15, 0.2) is 47.4 Å². The van der Waals surface area contributed by atoms with Crippen LogP contribution in [0.3, 0.4) is 0 Å². The zero-order valence-corrected chi connectivity index (χ0v) is 24.5. The van der Waals surface area contributed by atoms with Gasteiger partial charge in [-0.15, -0.1) is 0 Å². The summed E-state index contributed by atoms with van der Waals surface area (Å²) in [6, 6.07) is 8.17. The minimum atomic E-state index is -5.39. The second-order valence-corrected chi connectivity index (χ2v) is 14.4. The molecule has 5 nitrogen and oxygen atoms in total. The molecule has 0 aromatic heterocycles. The molecule has 3 aliphatic rings. The molecule has 11 heteroatoms. The fraction of sp³-hybridized carbons (Fsp3) is 0.548. The van der Waals surface area contributed by atoms with Gasteiger partial charge in [-0.2, -0.15) is 13.2 Å². The van der Waals surface area contributed by atoms with Crippen molar-refractivity contribution in [3.63, 3.8) is 0 Å². The Morgan fingerprint density at radius 2 is 1.69 bits per heavy atom. The molecule has 0 radical (unpaired) electrons. The molecule has 1 heterocycles. The Bertz CT molecular complexity index is 1510. The molecule has 1 saturated carbocycles.